The van der Waals surface area contributed by atoms with E-state index in [0.29, 0.717) is 17.6 Å². The van der Waals surface area contributed by atoms with E-state index in [4.69, 9.17) is 9.26 Å². The van der Waals surface area contributed by atoms with Gasteiger partial charge in [0.25, 0.3) is 0 Å². The quantitative estimate of drug-likeness (QED) is 0.818. The van der Waals surface area contributed by atoms with Gasteiger partial charge in [0.1, 0.15) is 11.6 Å². The number of thioether (sulfide) groups is 1. The van der Waals surface area contributed by atoms with Gasteiger partial charge in [0.15, 0.2) is 5.82 Å². The fourth-order valence-corrected chi connectivity index (χ4v) is 3.43. The molecule has 2 N–H and O–H groups in total. The second-order valence-electron chi connectivity index (χ2n) is 7.02. The molecule has 2 rings (SSSR count). The molecule has 1 aromatic heterocycles. The van der Waals surface area contributed by atoms with Crippen LogP contribution in [0.3, 0.4) is 0 Å². The van der Waals surface area contributed by atoms with Crippen molar-refractivity contribution < 1.29 is 18.8 Å². The minimum Gasteiger partial charge on any atom is -0.444 e. The highest BCUT2D eigenvalue weighted by molar-refractivity contribution is 7.99. The predicted octanol–water partition coefficient (Wildman–Crippen LogP) is 2.21. The first-order valence-corrected chi connectivity index (χ1v) is 9.57. The molecule has 0 aliphatic carbocycles. The van der Waals surface area contributed by atoms with Crippen molar-refractivity contribution in [1.29, 1.82) is 0 Å². The number of nitrogens with one attached hydrogen (secondary N) is 2. The van der Waals surface area contributed by atoms with Crippen LogP contribution >= 0.6 is 11.8 Å². The fraction of sp³-hybridized carbons (Fsp3) is 0.750. The van der Waals surface area contributed by atoms with E-state index in [-0.39, 0.29) is 12.5 Å². The van der Waals surface area contributed by atoms with Crippen molar-refractivity contribution in [3.05, 3.63) is 11.7 Å². The topological polar surface area (TPSA) is 106 Å². The molecule has 2 amide bonds. The molecular weight excluding hydrogens is 344 g/mol. The van der Waals surface area contributed by atoms with Crippen LogP contribution in [-0.4, -0.2) is 45.3 Å². The lowest BCUT2D eigenvalue weighted by atomic mass is 10.0. The molecule has 1 saturated heterocycles. The Morgan fingerprint density at radius 1 is 1.36 bits per heavy atom. The molecule has 0 saturated carbocycles. The van der Waals surface area contributed by atoms with Crippen molar-refractivity contribution >= 4 is 23.8 Å². The summed E-state index contributed by atoms with van der Waals surface area (Å²) in [5.74, 6) is 3.29. The Bertz CT molecular complexity index is 593. The molecule has 1 aromatic rings. The standard InChI is InChI=1S/C16H26N4O4S/c1-10(18-15(22)23-16(2,3)4)14(21)17-9-12-19-13(20-24-12)11-5-7-25-8-6-11/h10-11H,5-9H2,1-4H3,(H,17,21)(H,18,22). The van der Waals surface area contributed by atoms with Crippen molar-refractivity contribution in [2.24, 2.45) is 0 Å². The first-order valence-electron chi connectivity index (χ1n) is 8.42. The molecule has 140 valence electrons. The average Bonchev–Trinajstić information content (AvgIpc) is 3.00. The van der Waals surface area contributed by atoms with Crippen LogP contribution in [0.5, 0.6) is 0 Å². The third kappa shape index (κ3) is 6.56. The first kappa shape index (κ1) is 19.6. The summed E-state index contributed by atoms with van der Waals surface area (Å²) in [5, 5.41) is 9.18. The van der Waals surface area contributed by atoms with Crippen LogP contribution in [0.4, 0.5) is 4.79 Å². The van der Waals surface area contributed by atoms with E-state index in [9.17, 15) is 9.59 Å². The maximum absolute atomic E-state index is 12.1. The zero-order valence-corrected chi connectivity index (χ0v) is 15.9. The Kier molecular flexibility index (Phi) is 6.69. The number of nitrogens with zero attached hydrogens (tertiary/aromatic N) is 2. The lowest BCUT2D eigenvalue weighted by molar-refractivity contribution is -0.123. The molecule has 1 fully saturated rings. The second-order valence-corrected chi connectivity index (χ2v) is 8.24. The first-order chi connectivity index (χ1) is 11.7. The van der Waals surface area contributed by atoms with Gasteiger partial charge in [0.2, 0.25) is 11.8 Å². The van der Waals surface area contributed by atoms with Gasteiger partial charge in [-0.1, -0.05) is 5.16 Å². The van der Waals surface area contributed by atoms with Crippen LogP contribution in [-0.2, 0) is 16.1 Å². The van der Waals surface area contributed by atoms with Gasteiger partial charge in [-0.05, 0) is 52.0 Å². The van der Waals surface area contributed by atoms with Crippen molar-refractivity contribution in [3.63, 3.8) is 0 Å². The highest BCUT2D eigenvalue weighted by Crippen LogP contribution is 2.29. The van der Waals surface area contributed by atoms with Crippen molar-refractivity contribution in [2.45, 2.75) is 64.6 Å². The average molecular weight is 370 g/mol. The van der Waals surface area contributed by atoms with E-state index in [2.05, 4.69) is 20.8 Å². The number of alkyl carbamates (subject to hydrolysis) is 1. The molecule has 8 nitrogen and oxygen atoms in total. The monoisotopic (exact) mass is 370 g/mol. The van der Waals surface area contributed by atoms with Crippen molar-refractivity contribution in [3.8, 4) is 0 Å². The number of amides is 2. The largest absolute Gasteiger partial charge is 0.444 e. The Balaban J connectivity index is 1.77. The molecule has 25 heavy (non-hydrogen) atoms. The summed E-state index contributed by atoms with van der Waals surface area (Å²) in [5.41, 5.74) is -0.613. The van der Waals surface area contributed by atoms with E-state index in [0.717, 1.165) is 24.3 Å². The summed E-state index contributed by atoms with van der Waals surface area (Å²) in [7, 11) is 0. The third-order valence-electron chi connectivity index (χ3n) is 3.61. The summed E-state index contributed by atoms with van der Waals surface area (Å²) in [6, 6.07) is -0.729. The fourth-order valence-electron chi connectivity index (χ4n) is 2.33. The zero-order chi connectivity index (χ0) is 18.4. The molecule has 1 aliphatic rings. The van der Waals surface area contributed by atoms with Crippen LogP contribution < -0.4 is 10.6 Å². The maximum Gasteiger partial charge on any atom is 0.408 e. The number of hydrogen-bond donors (Lipinski definition) is 2. The Morgan fingerprint density at radius 2 is 2.04 bits per heavy atom. The smallest absolute Gasteiger partial charge is 0.408 e. The van der Waals surface area contributed by atoms with Gasteiger partial charge in [0, 0.05) is 5.92 Å². The number of carbonyl (C=O) groups excluding carboxylic acids is 2. The summed E-state index contributed by atoms with van der Waals surface area (Å²) in [6.45, 7) is 6.99. The summed E-state index contributed by atoms with van der Waals surface area (Å²) in [6.07, 6.45) is 1.46. The highest BCUT2D eigenvalue weighted by Gasteiger charge is 2.23. The van der Waals surface area contributed by atoms with Crippen LogP contribution in [0.2, 0.25) is 0 Å². The Labute approximate surface area is 151 Å². The van der Waals surface area contributed by atoms with Crippen LogP contribution in [0.15, 0.2) is 4.52 Å². The van der Waals surface area contributed by atoms with Gasteiger partial charge >= 0.3 is 6.09 Å². The molecule has 1 unspecified atom stereocenters. The lowest BCUT2D eigenvalue weighted by Gasteiger charge is -2.21. The minimum atomic E-state index is -0.729. The van der Waals surface area contributed by atoms with E-state index in [1.807, 2.05) is 11.8 Å². The maximum atomic E-state index is 12.1. The van der Waals surface area contributed by atoms with Gasteiger partial charge in [0.05, 0.1) is 6.54 Å². The number of hydrogen-bond acceptors (Lipinski definition) is 7. The van der Waals surface area contributed by atoms with E-state index in [1.165, 1.54) is 0 Å². The number of carbonyl (C=O) groups is 2. The number of aromatic nitrogens is 2. The number of rotatable bonds is 5. The van der Waals surface area contributed by atoms with Gasteiger partial charge in [-0.3, -0.25) is 4.79 Å². The van der Waals surface area contributed by atoms with E-state index < -0.39 is 17.7 Å². The molecule has 1 atom stereocenters. The van der Waals surface area contributed by atoms with E-state index in [1.54, 1.807) is 27.7 Å². The number of ether oxygens (including phenoxy) is 1. The summed E-state index contributed by atoms with van der Waals surface area (Å²) >= 11 is 1.94. The van der Waals surface area contributed by atoms with Crippen LogP contribution in [0.1, 0.15) is 58.2 Å². The molecule has 0 bridgehead atoms. The molecule has 2 heterocycles. The van der Waals surface area contributed by atoms with Gasteiger partial charge in [-0.2, -0.15) is 16.7 Å². The van der Waals surface area contributed by atoms with Crippen LogP contribution in [0.25, 0.3) is 0 Å². The molecule has 0 aromatic carbocycles. The zero-order valence-electron chi connectivity index (χ0n) is 15.1. The molecular formula is C16H26N4O4S. The molecule has 0 radical (unpaired) electrons. The molecule has 0 spiro atoms. The normalized spacial score (nSPS) is 17.0. The highest BCUT2D eigenvalue weighted by atomic mass is 32.2. The van der Waals surface area contributed by atoms with Gasteiger partial charge in [-0.25, -0.2) is 4.79 Å². The Hall–Kier alpha value is -1.77. The molecule has 1 aliphatic heterocycles. The molecule has 9 heteroatoms. The van der Waals surface area contributed by atoms with Gasteiger partial charge in [-0.15, -0.1) is 0 Å². The lowest BCUT2D eigenvalue weighted by Crippen LogP contribution is -2.46. The van der Waals surface area contributed by atoms with Crippen molar-refractivity contribution in [1.82, 2.24) is 20.8 Å². The predicted molar refractivity (Wildman–Crippen MR) is 94.3 cm³/mol. The summed E-state index contributed by atoms with van der Waals surface area (Å²) < 4.78 is 10.3. The van der Waals surface area contributed by atoms with E-state index >= 15 is 0 Å². The minimum absolute atomic E-state index is 0.133. The van der Waals surface area contributed by atoms with Gasteiger partial charge < -0.3 is 19.9 Å². The third-order valence-corrected chi connectivity index (χ3v) is 4.66. The summed E-state index contributed by atoms with van der Waals surface area (Å²) in [4.78, 5) is 28.1. The second kappa shape index (κ2) is 8.55. The Morgan fingerprint density at radius 3 is 2.68 bits per heavy atom. The van der Waals surface area contributed by atoms with Crippen molar-refractivity contribution in [2.75, 3.05) is 11.5 Å². The van der Waals surface area contributed by atoms with Crippen LogP contribution in [0, 0.1) is 0 Å². The SMILES string of the molecule is CC(NC(=O)OC(C)(C)C)C(=O)NCc1nc(C2CCSCC2)no1.